The van der Waals surface area contributed by atoms with E-state index in [-0.39, 0.29) is 21.9 Å². The topological polar surface area (TPSA) is 70.1 Å². The molecular formula is C23H25ClN2O4. The van der Waals surface area contributed by atoms with E-state index in [1.54, 1.807) is 18.2 Å². The average molecular weight is 429 g/mol. The van der Waals surface area contributed by atoms with Gasteiger partial charge in [-0.2, -0.15) is 0 Å². The van der Waals surface area contributed by atoms with E-state index in [2.05, 4.69) is 0 Å². The number of halogens is 1. The molecule has 0 spiro atoms. The molecule has 158 valence electrons. The summed E-state index contributed by atoms with van der Waals surface area (Å²) in [5.41, 5.74) is 1.04. The van der Waals surface area contributed by atoms with Crippen LogP contribution in [0.25, 0.3) is 5.76 Å². The smallest absolute Gasteiger partial charge is 0.295 e. The van der Waals surface area contributed by atoms with E-state index in [1.807, 2.05) is 49.3 Å². The third kappa shape index (κ3) is 4.35. The number of rotatable bonds is 7. The number of aliphatic hydroxyl groups excluding tert-OH is 1. The number of hydrogen-bond donors (Lipinski definition) is 1. The number of amides is 1. The number of carbonyl (C=O) groups excluding carboxylic acids is 2. The summed E-state index contributed by atoms with van der Waals surface area (Å²) >= 11 is 6.29. The van der Waals surface area contributed by atoms with Gasteiger partial charge in [0.1, 0.15) is 11.5 Å². The van der Waals surface area contributed by atoms with Crippen LogP contribution in [0.5, 0.6) is 5.75 Å². The minimum Gasteiger partial charge on any atom is -0.507 e. The molecule has 1 atom stereocenters. The standard InChI is InChI=1S/C23H25ClN2O4/c1-25(2)12-7-13-26-20(15-8-5-4-6-9-15)19(22(28)23(26)29)21(27)17-14-16(30-3)10-11-18(17)24/h4-6,8-11,14,20,27H,7,12-13H2,1-3H3/b21-19+. The summed E-state index contributed by atoms with van der Waals surface area (Å²) in [7, 11) is 5.40. The lowest BCUT2D eigenvalue weighted by atomic mass is 9.95. The van der Waals surface area contributed by atoms with Crippen LogP contribution in [-0.4, -0.2) is 60.9 Å². The number of ketones is 1. The average Bonchev–Trinajstić information content (AvgIpc) is 2.99. The highest BCUT2D eigenvalue weighted by Crippen LogP contribution is 2.41. The SMILES string of the molecule is COc1ccc(Cl)c(/C(O)=C2\C(=O)C(=O)N(CCCN(C)C)C2c2ccccc2)c1. The van der Waals surface area contributed by atoms with Gasteiger partial charge in [0, 0.05) is 12.1 Å². The van der Waals surface area contributed by atoms with Gasteiger partial charge in [0.25, 0.3) is 11.7 Å². The fraction of sp³-hybridized carbons (Fsp3) is 0.304. The van der Waals surface area contributed by atoms with Gasteiger partial charge in [-0.25, -0.2) is 0 Å². The van der Waals surface area contributed by atoms with Crippen molar-refractivity contribution in [3.63, 3.8) is 0 Å². The Bertz CT molecular complexity index is 972. The Morgan fingerprint density at radius 3 is 2.50 bits per heavy atom. The molecule has 1 heterocycles. The zero-order valence-corrected chi connectivity index (χ0v) is 18.0. The van der Waals surface area contributed by atoms with E-state index in [0.29, 0.717) is 18.7 Å². The zero-order chi connectivity index (χ0) is 21.8. The van der Waals surface area contributed by atoms with Crippen molar-refractivity contribution >= 4 is 29.1 Å². The molecule has 1 N–H and O–H groups in total. The lowest BCUT2D eigenvalue weighted by Crippen LogP contribution is -2.32. The van der Waals surface area contributed by atoms with Crippen molar-refractivity contribution in [1.82, 2.24) is 9.80 Å². The Morgan fingerprint density at radius 2 is 1.87 bits per heavy atom. The maximum absolute atomic E-state index is 13.0. The number of hydrogen-bond acceptors (Lipinski definition) is 5. The number of carbonyl (C=O) groups is 2. The molecule has 1 fully saturated rings. The van der Waals surface area contributed by atoms with Gasteiger partial charge < -0.3 is 19.6 Å². The zero-order valence-electron chi connectivity index (χ0n) is 17.3. The number of Topliss-reactive ketones (excluding diaryl/α,β-unsaturated/α-hetero) is 1. The number of nitrogens with zero attached hydrogens (tertiary/aromatic N) is 2. The molecule has 0 aromatic heterocycles. The Hall–Kier alpha value is -2.83. The third-order valence-corrected chi connectivity index (χ3v) is 5.42. The Balaban J connectivity index is 2.12. The van der Waals surface area contributed by atoms with Crippen LogP contribution < -0.4 is 4.74 Å². The van der Waals surface area contributed by atoms with Gasteiger partial charge in [0.05, 0.1) is 23.7 Å². The van der Waals surface area contributed by atoms with Crippen molar-refractivity contribution in [1.29, 1.82) is 0 Å². The van der Waals surface area contributed by atoms with Gasteiger partial charge in [-0.15, -0.1) is 0 Å². The van der Waals surface area contributed by atoms with Crippen molar-refractivity contribution in [2.24, 2.45) is 0 Å². The van der Waals surface area contributed by atoms with Gasteiger partial charge in [-0.1, -0.05) is 41.9 Å². The quantitative estimate of drug-likeness (QED) is 0.413. The van der Waals surface area contributed by atoms with Crippen LogP contribution in [-0.2, 0) is 9.59 Å². The highest BCUT2D eigenvalue weighted by molar-refractivity contribution is 6.47. The number of ether oxygens (including phenoxy) is 1. The van der Waals surface area contributed by atoms with Crippen LogP contribution in [0, 0.1) is 0 Å². The fourth-order valence-electron chi connectivity index (χ4n) is 3.61. The van der Waals surface area contributed by atoms with E-state index in [0.717, 1.165) is 12.1 Å². The van der Waals surface area contributed by atoms with Crippen molar-refractivity contribution < 1.29 is 19.4 Å². The first-order valence-corrected chi connectivity index (χ1v) is 10.0. The molecule has 7 heteroatoms. The van der Waals surface area contributed by atoms with E-state index in [9.17, 15) is 14.7 Å². The second-order valence-electron chi connectivity index (χ2n) is 7.41. The van der Waals surface area contributed by atoms with Gasteiger partial charge in [-0.3, -0.25) is 9.59 Å². The van der Waals surface area contributed by atoms with E-state index in [1.165, 1.54) is 12.0 Å². The van der Waals surface area contributed by atoms with Crippen LogP contribution in [0.1, 0.15) is 23.6 Å². The van der Waals surface area contributed by atoms with E-state index >= 15 is 0 Å². The summed E-state index contributed by atoms with van der Waals surface area (Å²) in [6.07, 6.45) is 0.698. The van der Waals surface area contributed by atoms with Crippen molar-refractivity contribution in [2.45, 2.75) is 12.5 Å². The van der Waals surface area contributed by atoms with Crippen LogP contribution in [0.4, 0.5) is 0 Å². The molecule has 30 heavy (non-hydrogen) atoms. The molecule has 3 rings (SSSR count). The van der Waals surface area contributed by atoms with Crippen LogP contribution in [0.2, 0.25) is 5.02 Å². The number of benzene rings is 2. The van der Waals surface area contributed by atoms with Crippen molar-refractivity contribution in [2.75, 3.05) is 34.3 Å². The molecular weight excluding hydrogens is 404 g/mol. The van der Waals surface area contributed by atoms with Gasteiger partial charge in [0.15, 0.2) is 0 Å². The number of aliphatic hydroxyl groups is 1. The number of likely N-dealkylation sites (tertiary alicyclic amines) is 1. The predicted octanol–water partition coefficient (Wildman–Crippen LogP) is 3.72. The summed E-state index contributed by atoms with van der Waals surface area (Å²) in [5, 5.41) is 11.4. The Morgan fingerprint density at radius 1 is 1.17 bits per heavy atom. The molecule has 0 bridgehead atoms. The normalized spacial score (nSPS) is 18.3. The first kappa shape index (κ1) is 21.9. The van der Waals surface area contributed by atoms with Gasteiger partial charge in [0.2, 0.25) is 0 Å². The monoisotopic (exact) mass is 428 g/mol. The highest BCUT2D eigenvalue weighted by Gasteiger charge is 2.45. The molecule has 1 amide bonds. The summed E-state index contributed by atoms with van der Waals surface area (Å²) in [4.78, 5) is 29.4. The summed E-state index contributed by atoms with van der Waals surface area (Å²) in [5.74, 6) is -1.16. The maximum Gasteiger partial charge on any atom is 0.295 e. The van der Waals surface area contributed by atoms with Crippen LogP contribution in [0.15, 0.2) is 54.1 Å². The summed E-state index contributed by atoms with van der Waals surface area (Å²) < 4.78 is 5.22. The maximum atomic E-state index is 13.0. The molecule has 1 aliphatic heterocycles. The highest BCUT2D eigenvalue weighted by atomic mass is 35.5. The molecule has 2 aromatic rings. The van der Waals surface area contributed by atoms with Crippen LogP contribution in [0.3, 0.4) is 0 Å². The Kier molecular flexibility index (Phi) is 6.80. The lowest BCUT2D eigenvalue weighted by molar-refractivity contribution is -0.139. The molecule has 6 nitrogen and oxygen atoms in total. The molecule has 1 unspecified atom stereocenters. The van der Waals surface area contributed by atoms with E-state index < -0.39 is 17.7 Å². The van der Waals surface area contributed by atoms with Crippen molar-refractivity contribution in [3.05, 3.63) is 70.3 Å². The molecule has 1 aliphatic rings. The molecule has 0 saturated carbocycles. The third-order valence-electron chi connectivity index (χ3n) is 5.09. The molecule has 2 aromatic carbocycles. The summed E-state index contributed by atoms with van der Waals surface area (Å²) in [6, 6.07) is 13.3. The lowest BCUT2D eigenvalue weighted by Gasteiger charge is -2.26. The number of methoxy groups -OCH3 is 1. The second-order valence-corrected chi connectivity index (χ2v) is 7.81. The van der Waals surface area contributed by atoms with Gasteiger partial charge >= 0.3 is 0 Å². The Labute approximate surface area is 181 Å². The largest absolute Gasteiger partial charge is 0.507 e. The summed E-state index contributed by atoms with van der Waals surface area (Å²) in [6.45, 7) is 1.16. The minimum absolute atomic E-state index is 0.0335. The van der Waals surface area contributed by atoms with Crippen LogP contribution >= 0.6 is 11.6 Å². The minimum atomic E-state index is -0.718. The predicted molar refractivity (Wildman–Crippen MR) is 117 cm³/mol. The fourth-order valence-corrected chi connectivity index (χ4v) is 3.81. The second kappa shape index (κ2) is 9.32. The first-order valence-electron chi connectivity index (χ1n) is 9.67. The molecule has 0 radical (unpaired) electrons. The van der Waals surface area contributed by atoms with Gasteiger partial charge in [-0.05, 0) is 50.8 Å². The molecule has 1 saturated heterocycles. The van der Waals surface area contributed by atoms with Crippen molar-refractivity contribution in [3.8, 4) is 5.75 Å². The first-order chi connectivity index (χ1) is 14.3. The van der Waals surface area contributed by atoms with E-state index in [4.69, 9.17) is 16.3 Å². The molecule has 0 aliphatic carbocycles.